The van der Waals surface area contributed by atoms with Crippen LogP contribution in [-0.4, -0.2) is 23.4 Å². The van der Waals surface area contributed by atoms with Crippen molar-refractivity contribution in [3.63, 3.8) is 0 Å². The minimum atomic E-state index is -0.330. The second kappa shape index (κ2) is 7.01. The van der Waals surface area contributed by atoms with Crippen LogP contribution < -0.4 is 15.4 Å². The van der Waals surface area contributed by atoms with Gasteiger partial charge in [-0.1, -0.05) is 17.7 Å². The van der Waals surface area contributed by atoms with Crippen molar-refractivity contribution in [3.05, 3.63) is 50.7 Å². The molecule has 0 bridgehead atoms. The van der Waals surface area contributed by atoms with Gasteiger partial charge >= 0.3 is 0 Å². The van der Waals surface area contributed by atoms with Gasteiger partial charge in [0.2, 0.25) is 0 Å². The van der Waals surface area contributed by atoms with Crippen LogP contribution in [0.1, 0.15) is 34.6 Å². The Hall–Kier alpha value is -2.12. The number of hydrogen-bond acceptors (Lipinski definition) is 4. The average Bonchev–Trinajstić information content (AvgIpc) is 2.58. The summed E-state index contributed by atoms with van der Waals surface area (Å²) in [4.78, 5) is 28.1. The Balaban J connectivity index is 1.79. The number of fused-ring (bicyclic) bond motifs is 1. The third-order valence-corrected chi connectivity index (χ3v) is 5.45. The van der Waals surface area contributed by atoms with E-state index in [-0.39, 0.29) is 24.5 Å². The van der Waals surface area contributed by atoms with E-state index in [2.05, 4.69) is 31.5 Å². The van der Waals surface area contributed by atoms with Gasteiger partial charge in [-0.3, -0.25) is 14.6 Å². The Morgan fingerprint density at radius 3 is 3.00 bits per heavy atom. The fourth-order valence-corrected chi connectivity index (χ4v) is 3.03. The van der Waals surface area contributed by atoms with E-state index in [9.17, 15) is 9.59 Å². The first kappa shape index (κ1) is 17.7. The number of benzene rings is 1. The number of pyridine rings is 1. The molecular formula is C17H15BrClN3O3. The Kier molecular flexibility index (Phi) is 4.96. The molecule has 0 fully saturated rings. The van der Waals surface area contributed by atoms with E-state index < -0.39 is 0 Å². The zero-order valence-corrected chi connectivity index (χ0v) is 15.9. The van der Waals surface area contributed by atoms with E-state index in [1.165, 1.54) is 6.20 Å². The summed E-state index contributed by atoms with van der Waals surface area (Å²) in [6, 6.07) is 5.09. The largest absolute Gasteiger partial charge is 0.482 e. The average molecular weight is 425 g/mol. The maximum absolute atomic E-state index is 12.5. The predicted molar refractivity (Wildman–Crippen MR) is 98.1 cm³/mol. The standard InChI is InChI=1S/C17H15BrClN3O3/c1-8(10-3-4-13-12(5-10)22-14(23)7-25-13)21-17(24)11-6-20-9(2)15(18)16(11)19/h3-6,8H,7H2,1-2H3,(H,21,24)(H,22,23)/t8-/m0/s1. The van der Waals surface area contributed by atoms with Crippen molar-refractivity contribution < 1.29 is 14.3 Å². The molecule has 2 heterocycles. The molecular weight excluding hydrogens is 410 g/mol. The predicted octanol–water partition coefficient (Wildman–Crippen LogP) is 3.63. The van der Waals surface area contributed by atoms with Crippen molar-refractivity contribution in [1.82, 2.24) is 10.3 Å². The lowest BCUT2D eigenvalue weighted by atomic mass is 10.1. The first-order chi connectivity index (χ1) is 11.9. The van der Waals surface area contributed by atoms with Gasteiger partial charge in [-0.2, -0.15) is 0 Å². The number of carbonyl (C=O) groups is 2. The zero-order valence-electron chi connectivity index (χ0n) is 13.5. The lowest BCUT2D eigenvalue weighted by Crippen LogP contribution is -2.28. The summed E-state index contributed by atoms with van der Waals surface area (Å²) < 4.78 is 5.93. The molecule has 1 aromatic carbocycles. The number of ether oxygens (including phenoxy) is 1. The van der Waals surface area contributed by atoms with Gasteiger partial charge in [0.15, 0.2) is 6.61 Å². The van der Waals surface area contributed by atoms with Crippen molar-refractivity contribution in [3.8, 4) is 5.75 Å². The SMILES string of the molecule is Cc1ncc(C(=O)N[C@@H](C)c2ccc3c(c2)NC(=O)CO3)c(Cl)c1Br. The second-order valence-electron chi connectivity index (χ2n) is 5.67. The summed E-state index contributed by atoms with van der Waals surface area (Å²) >= 11 is 9.55. The van der Waals surface area contributed by atoms with Crippen molar-refractivity contribution in [2.75, 3.05) is 11.9 Å². The molecule has 25 heavy (non-hydrogen) atoms. The molecule has 1 aliphatic rings. The molecule has 2 amide bonds. The molecule has 6 nitrogen and oxygen atoms in total. The molecule has 1 atom stereocenters. The number of nitrogens with zero attached hydrogens (tertiary/aromatic N) is 1. The van der Waals surface area contributed by atoms with Crippen LogP contribution in [0, 0.1) is 6.92 Å². The maximum Gasteiger partial charge on any atom is 0.262 e. The molecule has 2 aromatic rings. The second-order valence-corrected chi connectivity index (χ2v) is 6.84. The van der Waals surface area contributed by atoms with Crippen LogP contribution in [-0.2, 0) is 4.79 Å². The van der Waals surface area contributed by atoms with Crippen LogP contribution in [0.15, 0.2) is 28.9 Å². The number of aromatic nitrogens is 1. The van der Waals surface area contributed by atoms with E-state index in [0.717, 1.165) is 5.56 Å². The van der Waals surface area contributed by atoms with E-state index in [1.807, 2.05) is 13.0 Å². The van der Waals surface area contributed by atoms with Crippen LogP contribution in [0.2, 0.25) is 5.02 Å². The summed E-state index contributed by atoms with van der Waals surface area (Å²) in [6.45, 7) is 3.64. The topological polar surface area (TPSA) is 80.3 Å². The van der Waals surface area contributed by atoms with Crippen LogP contribution in [0.25, 0.3) is 0 Å². The number of halogens is 2. The number of hydrogen-bond donors (Lipinski definition) is 2. The zero-order chi connectivity index (χ0) is 18.1. The maximum atomic E-state index is 12.5. The molecule has 2 N–H and O–H groups in total. The summed E-state index contributed by atoms with van der Waals surface area (Å²) in [6.07, 6.45) is 1.45. The van der Waals surface area contributed by atoms with Crippen molar-refractivity contribution in [1.29, 1.82) is 0 Å². The summed E-state index contributed by atoms with van der Waals surface area (Å²) in [5.74, 6) is 0.0731. The quantitative estimate of drug-likeness (QED) is 0.788. The molecule has 3 rings (SSSR count). The fourth-order valence-electron chi connectivity index (χ4n) is 2.44. The Morgan fingerprint density at radius 2 is 2.24 bits per heavy atom. The summed E-state index contributed by atoms with van der Waals surface area (Å²) in [5.41, 5.74) is 2.42. The van der Waals surface area contributed by atoms with Crippen LogP contribution in [0.3, 0.4) is 0 Å². The van der Waals surface area contributed by atoms with E-state index in [1.54, 1.807) is 19.1 Å². The number of amides is 2. The fraction of sp³-hybridized carbons (Fsp3) is 0.235. The first-order valence-electron chi connectivity index (χ1n) is 7.55. The van der Waals surface area contributed by atoms with Crippen LogP contribution >= 0.6 is 27.5 Å². The van der Waals surface area contributed by atoms with Crippen molar-refractivity contribution in [2.45, 2.75) is 19.9 Å². The molecule has 0 radical (unpaired) electrons. The molecule has 0 saturated carbocycles. The highest BCUT2D eigenvalue weighted by atomic mass is 79.9. The van der Waals surface area contributed by atoms with Crippen molar-refractivity contribution >= 4 is 45.0 Å². The Labute approximate surface area is 158 Å². The molecule has 0 spiro atoms. The van der Waals surface area contributed by atoms with Crippen molar-refractivity contribution in [2.24, 2.45) is 0 Å². The van der Waals surface area contributed by atoms with Gasteiger partial charge in [0, 0.05) is 6.20 Å². The minimum absolute atomic E-state index is 0.00639. The number of aryl methyl sites for hydroxylation is 1. The van der Waals surface area contributed by atoms with Gasteiger partial charge in [-0.25, -0.2) is 0 Å². The summed E-state index contributed by atoms with van der Waals surface area (Å²) in [5, 5.41) is 5.95. The number of carbonyl (C=O) groups excluding carboxylic acids is 2. The first-order valence-corrected chi connectivity index (χ1v) is 8.72. The lowest BCUT2D eigenvalue weighted by molar-refractivity contribution is -0.118. The number of rotatable bonds is 3. The highest BCUT2D eigenvalue weighted by Gasteiger charge is 2.20. The van der Waals surface area contributed by atoms with E-state index in [4.69, 9.17) is 16.3 Å². The van der Waals surface area contributed by atoms with Gasteiger partial charge in [0.1, 0.15) is 5.75 Å². The molecule has 0 saturated heterocycles. The van der Waals surface area contributed by atoms with Crippen LogP contribution in [0.4, 0.5) is 5.69 Å². The monoisotopic (exact) mass is 423 g/mol. The molecule has 0 aliphatic carbocycles. The van der Waals surface area contributed by atoms with Gasteiger partial charge < -0.3 is 15.4 Å². The minimum Gasteiger partial charge on any atom is -0.482 e. The van der Waals surface area contributed by atoms with E-state index in [0.29, 0.717) is 32.2 Å². The smallest absolute Gasteiger partial charge is 0.262 e. The Morgan fingerprint density at radius 1 is 1.48 bits per heavy atom. The molecule has 1 aliphatic heterocycles. The van der Waals surface area contributed by atoms with Gasteiger partial charge in [-0.15, -0.1) is 0 Å². The highest BCUT2D eigenvalue weighted by Crippen LogP contribution is 2.31. The number of anilines is 1. The van der Waals surface area contributed by atoms with Gasteiger partial charge in [-0.05, 0) is 47.5 Å². The van der Waals surface area contributed by atoms with Gasteiger partial charge in [0.25, 0.3) is 11.8 Å². The third kappa shape index (κ3) is 3.62. The number of nitrogens with one attached hydrogen (secondary N) is 2. The third-order valence-electron chi connectivity index (χ3n) is 3.86. The van der Waals surface area contributed by atoms with Crippen LogP contribution in [0.5, 0.6) is 5.75 Å². The van der Waals surface area contributed by atoms with Gasteiger partial charge in [0.05, 0.1) is 32.5 Å². The van der Waals surface area contributed by atoms with E-state index >= 15 is 0 Å². The summed E-state index contributed by atoms with van der Waals surface area (Å²) in [7, 11) is 0. The molecule has 8 heteroatoms. The highest BCUT2D eigenvalue weighted by molar-refractivity contribution is 9.10. The molecule has 0 unspecified atom stereocenters. The molecule has 130 valence electrons. The molecule has 1 aromatic heterocycles. The normalized spacial score (nSPS) is 14.2. The lowest BCUT2D eigenvalue weighted by Gasteiger charge is -2.21. The Bertz CT molecular complexity index is 872.